The second kappa shape index (κ2) is 5.82. The Hall–Kier alpha value is -0.360. The molecule has 1 N–H and O–H groups in total. The van der Waals surface area contributed by atoms with Crippen LogP contribution < -0.4 is 5.32 Å². The van der Waals surface area contributed by atoms with Gasteiger partial charge in [0, 0.05) is 22.5 Å². The number of benzene rings is 1. The zero-order chi connectivity index (χ0) is 12.2. The minimum absolute atomic E-state index is 0.00994. The summed E-state index contributed by atoms with van der Waals surface area (Å²) in [4.78, 5) is 0. The number of hydrogen-bond acceptors (Lipinski definition) is 2. The number of rotatable bonds is 4. The third-order valence-electron chi connectivity index (χ3n) is 1.87. The second-order valence-electron chi connectivity index (χ2n) is 3.18. The molecule has 0 aliphatic carbocycles. The van der Waals surface area contributed by atoms with E-state index in [2.05, 4.69) is 21.2 Å². The Kier molecular flexibility index (Phi) is 4.98. The Morgan fingerprint density at radius 1 is 1.38 bits per heavy atom. The number of alkyl halides is 3. The molecule has 1 aromatic rings. The van der Waals surface area contributed by atoms with Crippen molar-refractivity contribution in [2.75, 3.05) is 17.6 Å². The molecule has 16 heavy (non-hydrogen) atoms. The third kappa shape index (κ3) is 5.12. The number of hydrogen-bond donors (Lipinski definition) is 1. The Morgan fingerprint density at radius 2 is 2.06 bits per heavy atom. The van der Waals surface area contributed by atoms with Crippen molar-refractivity contribution in [2.45, 2.75) is 12.4 Å². The third-order valence-corrected chi connectivity index (χ3v) is 3.10. The maximum atomic E-state index is 11.8. The molecule has 0 spiro atoms. The first-order chi connectivity index (χ1) is 7.38. The van der Waals surface area contributed by atoms with E-state index in [1.807, 2.05) is 25.1 Å². The maximum Gasteiger partial charge on any atom is 0.441 e. The van der Waals surface area contributed by atoms with Gasteiger partial charge >= 0.3 is 5.51 Å². The van der Waals surface area contributed by atoms with Crippen LogP contribution in [0, 0.1) is 6.92 Å². The van der Waals surface area contributed by atoms with Crippen LogP contribution in [0.25, 0.3) is 0 Å². The summed E-state index contributed by atoms with van der Waals surface area (Å²) in [5.74, 6) is 0.0129. The van der Waals surface area contributed by atoms with Crippen molar-refractivity contribution in [3.8, 4) is 0 Å². The molecule has 1 aromatic carbocycles. The number of nitrogens with one attached hydrogen (secondary N) is 1. The topological polar surface area (TPSA) is 12.0 Å². The Morgan fingerprint density at radius 3 is 2.62 bits per heavy atom. The molecule has 1 nitrogen and oxygen atoms in total. The molecule has 0 heterocycles. The van der Waals surface area contributed by atoms with E-state index in [1.54, 1.807) is 0 Å². The SMILES string of the molecule is Cc1cc(Br)ccc1NCCSC(F)(F)F. The van der Waals surface area contributed by atoms with Crippen molar-refractivity contribution in [3.05, 3.63) is 28.2 Å². The molecule has 0 radical (unpaired) electrons. The van der Waals surface area contributed by atoms with E-state index < -0.39 is 5.51 Å². The highest BCUT2D eigenvalue weighted by atomic mass is 79.9. The lowest BCUT2D eigenvalue weighted by Gasteiger charge is -2.10. The fourth-order valence-corrected chi connectivity index (χ4v) is 2.09. The van der Waals surface area contributed by atoms with Gasteiger partial charge in [-0.25, -0.2) is 0 Å². The molecule has 0 saturated heterocycles. The van der Waals surface area contributed by atoms with Crippen LogP contribution in [0.15, 0.2) is 22.7 Å². The summed E-state index contributed by atoms with van der Waals surface area (Å²) < 4.78 is 36.5. The summed E-state index contributed by atoms with van der Waals surface area (Å²) in [6.07, 6.45) is 0. The fraction of sp³-hybridized carbons (Fsp3) is 0.400. The number of thioether (sulfide) groups is 1. The van der Waals surface area contributed by atoms with E-state index in [0.717, 1.165) is 15.7 Å². The molecule has 0 bridgehead atoms. The van der Waals surface area contributed by atoms with E-state index in [-0.39, 0.29) is 17.5 Å². The first kappa shape index (κ1) is 13.7. The van der Waals surface area contributed by atoms with E-state index in [0.29, 0.717) is 6.54 Å². The molecule has 0 aliphatic rings. The molecular weight excluding hydrogens is 303 g/mol. The summed E-state index contributed by atoms with van der Waals surface area (Å²) in [5, 5.41) is 2.97. The van der Waals surface area contributed by atoms with Crippen LogP contribution in [0.1, 0.15) is 5.56 Å². The van der Waals surface area contributed by atoms with Gasteiger partial charge in [0.1, 0.15) is 0 Å². The molecule has 1 rings (SSSR count). The molecule has 0 fully saturated rings. The Labute approximate surface area is 105 Å². The molecule has 0 aromatic heterocycles. The van der Waals surface area contributed by atoms with Crippen molar-refractivity contribution >= 4 is 33.4 Å². The smallest absolute Gasteiger partial charge is 0.384 e. The normalized spacial score (nSPS) is 11.6. The lowest BCUT2D eigenvalue weighted by atomic mass is 10.2. The van der Waals surface area contributed by atoms with Crippen LogP contribution in [-0.2, 0) is 0 Å². The lowest BCUT2D eigenvalue weighted by molar-refractivity contribution is -0.0327. The van der Waals surface area contributed by atoms with Gasteiger partial charge in [0.15, 0.2) is 0 Å². The first-order valence-corrected chi connectivity index (χ1v) is 6.37. The van der Waals surface area contributed by atoms with Crippen LogP contribution in [0.5, 0.6) is 0 Å². The number of anilines is 1. The van der Waals surface area contributed by atoms with Gasteiger partial charge in [0.25, 0.3) is 0 Å². The number of aryl methyl sites for hydroxylation is 1. The molecule has 0 aliphatic heterocycles. The Balaban J connectivity index is 2.38. The van der Waals surface area contributed by atoms with Crippen LogP contribution >= 0.6 is 27.7 Å². The van der Waals surface area contributed by atoms with Crippen LogP contribution in [0.3, 0.4) is 0 Å². The molecule has 90 valence electrons. The lowest BCUT2D eigenvalue weighted by Crippen LogP contribution is -2.10. The van der Waals surface area contributed by atoms with E-state index in [4.69, 9.17) is 0 Å². The summed E-state index contributed by atoms with van der Waals surface area (Å²) in [6, 6.07) is 5.61. The minimum atomic E-state index is -4.14. The summed E-state index contributed by atoms with van der Waals surface area (Å²) in [7, 11) is 0. The minimum Gasteiger partial charge on any atom is -0.384 e. The summed E-state index contributed by atoms with van der Waals surface area (Å²) in [5.41, 5.74) is -2.27. The van der Waals surface area contributed by atoms with Crippen LogP contribution in [0.4, 0.5) is 18.9 Å². The van der Waals surface area contributed by atoms with Crippen LogP contribution in [-0.4, -0.2) is 17.8 Å². The van der Waals surface area contributed by atoms with Gasteiger partial charge in [0.2, 0.25) is 0 Å². The van der Waals surface area contributed by atoms with E-state index >= 15 is 0 Å². The van der Waals surface area contributed by atoms with E-state index in [1.165, 1.54) is 0 Å². The fourth-order valence-electron chi connectivity index (χ4n) is 1.18. The standard InChI is InChI=1S/C10H11BrF3NS/c1-7-6-8(11)2-3-9(7)15-4-5-16-10(12,13)14/h2-3,6,15H,4-5H2,1H3. The summed E-state index contributed by atoms with van der Waals surface area (Å²) in [6.45, 7) is 2.21. The first-order valence-electron chi connectivity index (χ1n) is 4.59. The van der Waals surface area contributed by atoms with Gasteiger partial charge in [-0.05, 0) is 42.4 Å². The number of halogens is 4. The van der Waals surface area contributed by atoms with Gasteiger partial charge in [-0.15, -0.1) is 0 Å². The highest BCUT2D eigenvalue weighted by Gasteiger charge is 2.27. The Bertz CT molecular complexity index is 354. The van der Waals surface area contributed by atoms with Gasteiger partial charge in [-0.2, -0.15) is 13.2 Å². The molecule has 0 amide bonds. The van der Waals surface area contributed by atoms with Gasteiger partial charge in [-0.3, -0.25) is 0 Å². The molecule has 0 unspecified atom stereocenters. The highest BCUT2D eigenvalue weighted by molar-refractivity contribution is 9.10. The van der Waals surface area contributed by atoms with Crippen molar-refractivity contribution < 1.29 is 13.2 Å². The predicted molar refractivity (Wildman–Crippen MR) is 65.9 cm³/mol. The van der Waals surface area contributed by atoms with Crippen molar-refractivity contribution in [1.82, 2.24) is 0 Å². The average molecular weight is 314 g/mol. The monoisotopic (exact) mass is 313 g/mol. The van der Waals surface area contributed by atoms with Crippen molar-refractivity contribution in [2.24, 2.45) is 0 Å². The van der Waals surface area contributed by atoms with Crippen LogP contribution in [0.2, 0.25) is 0 Å². The van der Waals surface area contributed by atoms with Crippen molar-refractivity contribution in [3.63, 3.8) is 0 Å². The second-order valence-corrected chi connectivity index (χ2v) is 5.26. The highest BCUT2D eigenvalue weighted by Crippen LogP contribution is 2.29. The predicted octanol–water partition coefficient (Wildman–Crippen LogP) is 4.42. The molecule has 6 heteroatoms. The van der Waals surface area contributed by atoms with Gasteiger partial charge in [0.05, 0.1) is 0 Å². The van der Waals surface area contributed by atoms with Crippen molar-refractivity contribution in [1.29, 1.82) is 0 Å². The largest absolute Gasteiger partial charge is 0.441 e. The summed E-state index contributed by atoms with van der Waals surface area (Å²) >= 11 is 3.31. The zero-order valence-corrected chi connectivity index (χ0v) is 11.0. The quantitative estimate of drug-likeness (QED) is 0.826. The van der Waals surface area contributed by atoms with E-state index in [9.17, 15) is 13.2 Å². The van der Waals surface area contributed by atoms with Gasteiger partial charge < -0.3 is 5.32 Å². The molecule has 0 saturated carbocycles. The molecular formula is C10H11BrF3NS. The zero-order valence-electron chi connectivity index (χ0n) is 8.57. The van der Waals surface area contributed by atoms with Gasteiger partial charge in [-0.1, -0.05) is 15.9 Å². The average Bonchev–Trinajstić information content (AvgIpc) is 2.13. The molecule has 0 atom stereocenters. The maximum absolute atomic E-state index is 11.8.